The van der Waals surface area contributed by atoms with Gasteiger partial charge in [-0.15, -0.1) is 0 Å². The number of carbonyl (C=O) groups excluding carboxylic acids is 1. The van der Waals surface area contributed by atoms with Gasteiger partial charge in [-0.25, -0.2) is 0 Å². The van der Waals surface area contributed by atoms with E-state index in [0.717, 1.165) is 0 Å². The fraction of sp³-hybridized carbons (Fsp3) is 0.875. The molecule has 2 N–H and O–H groups in total. The SMILES string of the molecule is CNC(=O)CNC1CC1(C)C. The molecule has 64 valence electrons. The number of amides is 1. The quantitative estimate of drug-likeness (QED) is 0.609. The first-order valence-corrected chi connectivity index (χ1v) is 4.00. The summed E-state index contributed by atoms with van der Waals surface area (Å²) in [6.07, 6.45) is 1.18. The number of hydrogen-bond donors (Lipinski definition) is 2. The Morgan fingerprint density at radius 1 is 1.64 bits per heavy atom. The van der Waals surface area contributed by atoms with E-state index in [2.05, 4.69) is 24.5 Å². The summed E-state index contributed by atoms with van der Waals surface area (Å²) >= 11 is 0. The monoisotopic (exact) mass is 156 g/mol. The van der Waals surface area contributed by atoms with Gasteiger partial charge in [-0.2, -0.15) is 0 Å². The average molecular weight is 156 g/mol. The Morgan fingerprint density at radius 2 is 2.18 bits per heavy atom. The molecular formula is C8H16N2O. The second-order valence-electron chi connectivity index (χ2n) is 3.80. The third-order valence-corrected chi connectivity index (χ3v) is 2.30. The molecule has 11 heavy (non-hydrogen) atoms. The van der Waals surface area contributed by atoms with Crippen molar-refractivity contribution >= 4 is 5.91 Å². The molecule has 1 aliphatic rings. The number of nitrogens with one attached hydrogen (secondary N) is 2. The van der Waals surface area contributed by atoms with Gasteiger partial charge in [0.05, 0.1) is 6.54 Å². The van der Waals surface area contributed by atoms with Crippen molar-refractivity contribution < 1.29 is 4.79 Å². The highest BCUT2D eigenvalue weighted by molar-refractivity contribution is 5.77. The zero-order valence-corrected chi connectivity index (χ0v) is 7.40. The second-order valence-corrected chi connectivity index (χ2v) is 3.80. The van der Waals surface area contributed by atoms with Crippen LogP contribution in [0.2, 0.25) is 0 Å². The lowest BCUT2D eigenvalue weighted by molar-refractivity contribution is -0.119. The molecule has 1 amide bonds. The molecule has 1 saturated carbocycles. The lowest BCUT2D eigenvalue weighted by Crippen LogP contribution is -2.33. The zero-order valence-electron chi connectivity index (χ0n) is 7.40. The van der Waals surface area contributed by atoms with Crippen molar-refractivity contribution in [1.29, 1.82) is 0 Å². The predicted octanol–water partition coefficient (Wildman–Crippen LogP) is 0.120. The highest BCUT2D eigenvalue weighted by atomic mass is 16.1. The van der Waals surface area contributed by atoms with E-state index in [0.29, 0.717) is 18.0 Å². The maximum absolute atomic E-state index is 10.8. The fourth-order valence-corrected chi connectivity index (χ4v) is 1.12. The van der Waals surface area contributed by atoms with Gasteiger partial charge in [0.15, 0.2) is 0 Å². The van der Waals surface area contributed by atoms with Crippen molar-refractivity contribution in [2.75, 3.05) is 13.6 Å². The summed E-state index contributed by atoms with van der Waals surface area (Å²) in [5.41, 5.74) is 0.411. The summed E-state index contributed by atoms with van der Waals surface area (Å²) in [4.78, 5) is 10.8. The number of likely N-dealkylation sites (N-methyl/N-ethyl adjacent to an activating group) is 1. The van der Waals surface area contributed by atoms with Gasteiger partial charge in [0.25, 0.3) is 0 Å². The van der Waals surface area contributed by atoms with Crippen LogP contribution in [0.15, 0.2) is 0 Å². The van der Waals surface area contributed by atoms with Gasteiger partial charge in [0.2, 0.25) is 5.91 Å². The zero-order chi connectivity index (χ0) is 8.48. The maximum atomic E-state index is 10.8. The van der Waals surface area contributed by atoms with Gasteiger partial charge in [0, 0.05) is 13.1 Å². The molecule has 1 unspecified atom stereocenters. The molecular weight excluding hydrogens is 140 g/mol. The lowest BCUT2D eigenvalue weighted by atomic mass is 10.2. The van der Waals surface area contributed by atoms with E-state index in [1.807, 2.05) is 0 Å². The average Bonchev–Trinajstić information content (AvgIpc) is 2.54. The Morgan fingerprint density at radius 3 is 2.55 bits per heavy atom. The summed E-state index contributed by atoms with van der Waals surface area (Å²) in [7, 11) is 1.65. The van der Waals surface area contributed by atoms with Crippen LogP contribution in [0.4, 0.5) is 0 Å². The molecule has 0 aromatic heterocycles. The molecule has 1 fully saturated rings. The van der Waals surface area contributed by atoms with Crippen molar-refractivity contribution in [3.63, 3.8) is 0 Å². The Bertz CT molecular complexity index is 165. The van der Waals surface area contributed by atoms with Gasteiger partial charge < -0.3 is 10.6 Å². The van der Waals surface area contributed by atoms with Crippen LogP contribution in [-0.4, -0.2) is 25.5 Å². The van der Waals surface area contributed by atoms with Crippen LogP contribution in [0.1, 0.15) is 20.3 Å². The molecule has 0 bridgehead atoms. The number of carbonyl (C=O) groups is 1. The van der Waals surface area contributed by atoms with Crippen LogP contribution < -0.4 is 10.6 Å². The number of rotatable bonds is 3. The van der Waals surface area contributed by atoms with Gasteiger partial charge in [0.1, 0.15) is 0 Å². The molecule has 0 heterocycles. The molecule has 3 heteroatoms. The topological polar surface area (TPSA) is 41.1 Å². The molecule has 1 aliphatic carbocycles. The number of hydrogen-bond acceptors (Lipinski definition) is 2. The normalized spacial score (nSPS) is 26.3. The first-order chi connectivity index (χ1) is 5.06. The van der Waals surface area contributed by atoms with Crippen molar-refractivity contribution in [2.24, 2.45) is 5.41 Å². The maximum Gasteiger partial charge on any atom is 0.233 e. The van der Waals surface area contributed by atoms with E-state index in [-0.39, 0.29) is 5.91 Å². The molecule has 1 rings (SSSR count). The van der Waals surface area contributed by atoms with Crippen LogP contribution in [0.3, 0.4) is 0 Å². The minimum Gasteiger partial charge on any atom is -0.358 e. The van der Waals surface area contributed by atoms with E-state index < -0.39 is 0 Å². The van der Waals surface area contributed by atoms with Crippen molar-refractivity contribution in [3.05, 3.63) is 0 Å². The molecule has 0 spiro atoms. The van der Waals surface area contributed by atoms with Crippen LogP contribution in [0.5, 0.6) is 0 Å². The van der Waals surface area contributed by atoms with Crippen LogP contribution in [-0.2, 0) is 4.79 Å². The van der Waals surface area contributed by atoms with Gasteiger partial charge in [-0.3, -0.25) is 4.79 Å². The summed E-state index contributed by atoms with van der Waals surface area (Å²) in [6, 6.07) is 0.541. The first kappa shape index (κ1) is 8.53. The molecule has 1 atom stereocenters. The van der Waals surface area contributed by atoms with E-state index in [1.54, 1.807) is 7.05 Å². The van der Waals surface area contributed by atoms with Gasteiger partial charge in [-0.05, 0) is 11.8 Å². The van der Waals surface area contributed by atoms with Crippen LogP contribution >= 0.6 is 0 Å². The summed E-state index contributed by atoms with van der Waals surface area (Å²) in [5.74, 6) is 0.0627. The Hall–Kier alpha value is -0.570. The molecule has 3 nitrogen and oxygen atoms in total. The van der Waals surface area contributed by atoms with E-state index in [1.165, 1.54) is 6.42 Å². The van der Waals surface area contributed by atoms with Crippen molar-refractivity contribution in [3.8, 4) is 0 Å². The minimum atomic E-state index is 0.0627. The van der Waals surface area contributed by atoms with Gasteiger partial charge >= 0.3 is 0 Å². The summed E-state index contributed by atoms with van der Waals surface area (Å²) in [6.45, 7) is 4.85. The molecule has 0 aromatic carbocycles. The second kappa shape index (κ2) is 2.81. The van der Waals surface area contributed by atoms with E-state index in [9.17, 15) is 4.79 Å². The Kier molecular flexibility index (Phi) is 2.18. The smallest absolute Gasteiger partial charge is 0.233 e. The third-order valence-electron chi connectivity index (χ3n) is 2.30. The largest absolute Gasteiger partial charge is 0.358 e. The van der Waals surface area contributed by atoms with Crippen LogP contribution in [0.25, 0.3) is 0 Å². The van der Waals surface area contributed by atoms with Crippen molar-refractivity contribution in [1.82, 2.24) is 10.6 Å². The van der Waals surface area contributed by atoms with E-state index >= 15 is 0 Å². The van der Waals surface area contributed by atoms with Gasteiger partial charge in [-0.1, -0.05) is 13.8 Å². The minimum absolute atomic E-state index is 0.0627. The van der Waals surface area contributed by atoms with E-state index in [4.69, 9.17) is 0 Å². The molecule has 0 aliphatic heterocycles. The third kappa shape index (κ3) is 2.19. The molecule has 0 saturated heterocycles. The van der Waals surface area contributed by atoms with Crippen molar-refractivity contribution in [2.45, 2.75) is 26.3 Å². The summed E-state index contributed by atoms with van der Waals surface area (Å²) < 4.78 is 0. The molecule has 0 radical (unpaired) electrons. The lowest BCUT2D eigenvalue weighted by Gasteiger charge is -2.04. The van der Waals surface area contributed by atoms with Crippen LogP contribution in [0, 0.1) is 5.41 Å². The Labute approximate surface area is 67.5 Å². The highest BCUT2D eigenvalue weighted by Gasteiger charge is 2.45. The Balaban J connectivity index is 2.11. The fourth-order valence-electron chi connectivity index (χ4n) is 1.12. The highest BCUT2D eigenvalue weighted by Crippen LogP contribution is 2.44. The molecule has 0 aromatic rings. The summed E-state index contributed by atoms with van der Waals surface area (Å²) in [5, 5.41) is 5.76. The first-order valence-electron chi connectivity index (χ1n) is 4.00. The predicted molar refractivity (Wildman–Crippen MR) is 44.3 cm³/mol. The standard InChI is InChI=1S/C8H16N2O/c1-8(2)4-6(8)10-5-7(11)9-3/h6,10H,4-5H2,1-3H3,(H,9,11).